The van der Waals surface area contributed by atoms with E-state index < -0.39 is 11.8 Å². The number of rotatable bonds is 4. The maximum atomic E-state index is 12.0. The predicted molar refractivity (Wildman–Crippen MR) is 101 cm³/mol. The Balaban J connectivity index is 1.54. The van der Waals surface area contributed by atoms with E-state index >= 15 is 0 Å². The third-order valence-electron chi connectivity index (χ3n) is 3.58. The summed E-state index contributed by atoms with van der Waals surface area (Å²) in [5, 5.41) is 6.13. The van der Waals surface area contributed by atoms with Gasteiger partial charge in [-0.1, -0.05) is 23.2 Å². The zero-order valence-corrected chi connectivity index (χ0v) is 15.3. The van der Waals surface area contributed by atoms with Crippen LogP contribution in [0.4, 0.5) is 5.69 Å². The minimum absolute atomic E-state index is 0.281. The van der Waals surface area contributed by atoms with E-state index in [-0.39, 0.29) is 6.54 Å². The molecule has 0 aliphatic rings. The summed E-state index contributed by atoms with van der Waals surface area (Å²) in [6, 6.07) is 10.1. The third kappa shape index (κ3) is 4.53. The fourth-order valence-corrected chi connectivity index (χ4v) is 3.03. The van der Waals surface area contributed by atoms with Crippen LogP contribution in [0.25, 0.3) is 11.1 Å². The Kier molecular flexibility index (Phi) is 5.44. The molecule has 3 rings (SSSR count). The summed E-state index contributed by atoms with van der Waals surface area (Å²) in [4.78, 5) is 28.1. The summed E-state index contributed by atoms with van der Waals surface area (Å²) >= 11 is 11.9. The highest BCUT2D eigenvalue weighted by atomic mass is 35.5. The number of hydrogen-bond acceptors (Lipinski definition) is 4. The minimum Gasteiger partial charge on any atom is -0.441 e. The van der Waals surface area contributed by atoms with E-state index in [0.717, 1.165) is 5.56 Å². The number of anilines is 1. The molecular formula is C18H15Cl2N3O3. The number of amides is 2. The van der Waals surface area contributed by atoms with Crippen molar-refractivity contribution in [3.63, 3.8) is 0 Å². The van der Waals surface area contributed by atoms with Crippen LogP contribution in [-0.4, -0.2) is 23.3 Å². The van der Waals surface area contributed by atoms with Gasteiger partial charge in [0.15, 0.2) is 11.5 Å². The van der Waals surface area contributed by atoms with Crippen molar-refractivity contribution >= 4 is 51.8 Å². The molecule has 3 aromatic rings. The number of aryl methyl sites for hydroxylation is 1. The Labute approximate surface area is 159 Å². The molecule has 0 radical (unpaired) electrons. The molecule has 134 valence electrons. The number of fused-ring (bicyclic) bond motifs is 1. The Morgan fingerprint density at radius 1 is 1.08 bits per heavy atom. The third-order valence-corrected chi connectivity index (χ3v) is 4.02. The smallest absolute Gasteiger partial charge is 0.313 e. The minimum atomic E-state index is -0.760. The van der Waals surface area contributed by atoms with Crippen LogP contribution >= 0.6 is 23.2 Å². The number of carbonyl (C=O) groups excluding carboxylic acids is 2. The van der Waals surface area contributed by atoms with Gasteiger partial charge in [0.2, 0.25) is 0 Å². The van der Waals surface area contributed by atoms with Crippen molar-refractivity contribution in [1.29, 1.82) is 0 Å². The van der Waals surface area contributed by atoms with Crippen molar-refractivity contribution < 1.29 is 14.0 Å². The molecule has 26 heavy (non-hydrogen) atoms. The number of carbonyl (C=O) groups is 2. The molecule has 0 atom stereocenters. The molecule has 2 amide bonds. The number of halogens is 2. The number of aromatic nitrogens is 1. The molecule has 6 nitrogen and oxygen atoms in total. The van der Waals surface area contributed by atoms with Crippen molar-refractivity contribution in [3.05, 3.63) is 57.9 Å². The monoisotopic (exact) mass is 391 g/mol. The van der Waals surface area contributed by atoms with Crippen LogP contribution in [0.15, 0.2) is 40.8 Å². The van der Waals surface area contributed by atoms with Crippen molar-refractivity contribution in [3.8, 4) is 0 Å². The van der Waals surface area contributed by atoms with Gasteiger partial charge < -0.3 is 15.1 Å². The second-order valence-corrected chi connectivity index (χ2v) is 6.53. The van der Waals surface area contributed by atoms with E-state index in [4.69, 9.17) is 27.6 Å². The zero-order chi connectivity index (χ0) is 18.7. The highest BCUT2D eigenvalue weighted by molar-refractivity contribution is 6.39. The number of hydrogen-bond donors (Lipinski definition) is 2. The van der Waals surface area contributed by atoms with Gasteiger partial charge in [0.25, 0.3) is 0 Å². The molecule has 0 aliphatic carbocycles. The fraction of sp³-hybridized carbons (Fsp3) is 0.167. The zero-order valence-electron chi connectivity index (χ0n) is 13.8. The molecule has 0 saturated heterocycles. The molecule has 8 heteroatoms. The Bertz CT molecular complexity index is 965. The van der Waals surface area contributed by atoms with Crippen LogP contribution < -0.4 is 10.6 Å². The van der Waals surface area contributed by atoms with E-state index in [2.05, 4.69) is 15.6 Å². The second kappa shape index (κ2) is 7.76. The molecule has 0 fully saturated rings. The Hall–Kier alpha value is -2.57. The standard InChI is InChI=1S/C18H15Cl2N3O3/c1-10-22-15-3-2-14(9-16(15)26-10)23-18(25)17(24)21-5-4-11-6-12(19)8-13(20)7-11/h2-3,6-9H,4-5H2,1H3,(H,21,24)(H,23,25). The van der Waals surface area contributed by atoms with Crippen LogP contribution in [0.2, 0.25) is 10.0 Å². The Morgan fingerprint density at radius 3 is 2.54 bits per heavy atom. The molecule has 0 unspecified atom stereocenters. The lowest BCUT2D eigenvalue weighted by atomic mass is 10.1. The lowest BCUT2D eigenvalue weighted by molar-refractivity contribution is -0.136. The van der Waals surface area contributed by atoms with Crippen molar-refractivity contribution in [1.82, 2.24) is 10.3 Å². The van der Waals surface area contributed by atoms with Gasteiger partial charge in [-0.05, 0) is 42.3 Å². The first-order chi connectivity index (χ1) is 12.4. The lowest BCUT2D eigenvalue weighted by Crippen LogP contribution is -2.36. The maximum absolute atomic E-state index is 12.0. The second-order valence-electron chi connectivity index (χ2n) is 5.65. The van der Waals surface area contributed by atoms with E-state index in [0.29, 0.717) is 39.1 Å². The summed E-state index contributed by atoms with van der Waals surface area (Å²) in [6.45, 7) is 2.02. The van der Waals surface area contributed by atoms with Crippen LogP contribution in [0.5, 0.6) is 0 Å². The van der Waals surface area contributed by atoms with Gasteiger partial charge in [-0.15, -0.1) is 0 Å². The van der Waals surface area contributed by atoms with Gasteiger partial charge in [-0.2, -0.15) is 0 Å². The molecule has 0 bridgehead atoms. The lowest BCUT2D eigenvalue weighted by Gasteiger charge is -2.07. The maximum Gasteiger partial charge on any atom is 0.313 e. The summed E-state index contributed by atoms with van der Waals surface area (Å²) in [5.74, 6) is -0.959. The topological polar surface area (TPSA) is 84.2 Å². The SMILES string of the molecule is Cc1nc2ccc(NC(=O)C(=O)NCCc3cc(Cl)cc(Cl)c3)cc2o1. The predicted octanol–water partition coefficient (Wildman–Crippen LogP) is 3.74. The first-order valence-corrected chi connectivity index (χ1v) is 8.57. The quantitative estimate of drug-likeness (QED) is 0.663. The largest absolute Gasteiger partial charge is 0.441 e. The molecule has 1 heterocycles. The van der Waals surface area contributed by atoms with E-state index in [1.165, 1.54) is 0 Å². The molecule has 1 aromatic heterocycles. The fourth-order valence-electron chi connectivity index (χ4n) is 2.46. The van der Waals surface area contributed by atoms with Gasteiger partial charge in [0.1, 0.15) is 5.52 Å². The van der Waals surface area contributed by atoms with Crippen LogP contribution in [0.3, 0.4) is 0 Å². The summed E-state index contributed by atoms with van der Waals surface area (Å²) < 4.78 is 5.40. The van der Waals surface area contributed by atoms with E-state index in [9.17, 15) is 9.59 Å². The van der Waals surface area contributed by atoms with Crippen molar-refractivity contribution in [2.24, 2.45) is 0 Å². The summed E-state index contributed by atoms with van der Waals surface area (Å²) in [6.07, 6.45) is 0.503. The number of nitrogens with one attached hydrogen (secondary N) is 2. The van der Waals surface area contributed by atoms with E-state index in [1.54, 1.807) is 43.3 Å². The first-order valence-electron chi connectivity index (χ1n) is 7.82. The van der Waals surface area contributed by atoms with Crippen LogP contribution in [0, 0.1) is 6.92 Å². The van der Waals surface area contributed by atoms with Gasteiger partial charge in [-0.25, -0.2) is 4.98 Å². The van der Waals surface area contributed by atoms with Crippen LogP contribution in [0.1, 0.15) is 11.5 Å². The molecule has 0 aliphatic heterocycles. The normalized spacial score (nSPS) is 10.7. The molecule has 0 saturated carbocycles. The molecule has 2 aromatic carbocycles. The molecular weight excluding hydrogens is 377 g/mol. The summed E-state index contributed by atoms with van der Waals surface area (Å²) in [7, 11) is 0. The average Bonchev–Trinajstić information content (AvgIpc) is 2.93. The molecule has 2 N–H and O–H groups in total. The Morgan fingerprint density at radius 2 is 1.81 bits per heavy atom. The van der Waals surface area contributed by atoms with Crippen molar-refractivity contribution in [2.45, 2.75) is 13.3 Å². The molecule has 0 spiro atoms. The van der Waals surface area contributed by atoms with Crippen LogP contribution in [-0.2, 0) is 16.0 Å². The van der Waals surface area contributed by atoms with Gasteiger partial charge in [0.05, 0.1) is 0 Å². The van der Waals surface area contributed by atoms with Gasteiger partial charge in [-0.3, -0.25) is 9.59 Å². The highest BCUT2D eigenvalue weighted by Crippen LogP contribution is 2.20. The summed E-state index contributed by atoms with van der Waals surface area (Å²) in [5.41, 5.74) is 2.55. The van der Waals surface area contributed by atoms with E-state index in [1.807, 2.05) is 0 Å². The highest BCUT2D eigenvalue weighted by Gasteiger charge is 2.14. The van der Waals surface area contributed by atoms with Gasteiger partial charge in [0, 0.05) is 35.3 Å². The van der Waals surface area contributed by atoms with Gasteiger partial charge >= 0.3 is 11.8 Å². The first kappa shape index (κ1) is 18.2. The number of nitrogens with zero attached hydrogens (tertiary/aromatic N) is 1. The number of oxazole rings is 1. The van der Waals surface area contributed by atoms with Crippen molar-refractivity contribution in [2.75, 3.05) is 11.9 Å². The average molecular weight is 392 g/mol. The number of benzene rings is 2.